The fourth-order valence-electron chi connectivity index (χ4n) is 2.58. The number of hydrogen-bond acceptors (Lipinski definition) is 0. The summed E-state index contributed by atoms with van der Waals surface area (Å²) in [5, 5.41) is 0. The quantitative estimate of drug-likeness (QED) is 0.550. The van der Waals surface area contributed by atoms with Crippen LogP contribution in [0.15, 0.2) is 0 Å². The summed E-state index contributed by atoms with van der Waals surface area (Å²) in [6.07, 6.45) is 4.71. The predicted molar refractivity (Wildman–Crippen MR) is 50.1 cm³/mol. The molecule has 2 rings (SSSR count). The first-order valence-electron chi connectivity index (χ1n) is 4.59. The van der Waals surface area contributed by atoms with E-state index in [9.17, 15) is 0 Å². The summed E-state index contributed by atoms with van der Waals surface area (Å²) in [6.45, 7) is 2.42. The van der Waals surface area contributed by atoms with Gasteiger partial charge in [0.05, 0.1) is 0 Å². The van der Waals surface area contributed by atoms with Gasteiger partial charge in [-0.3, -0.25) is 0 Å². The van der Waals surface area contributed by atoms with Gasteiger partial charge in [0.15, 0.2) is 0 Å². The smallest absolute Gasteiger partial charge is 0.0199 e. The highest BCUT2D eigenvalue weighted by Gasteiger charge is 2.35. The van der Waals surface area contributed by atoms with Crippen LogP contribution in [0.3, 0.4) is 0 Å². The van der Waals surface area contributed by atoms with Crippen molar-refractivity contribution < 1.29 is 0 Å². The van der Waals surface area contributed by atoms with E-state index in [2.05, 4.69) is 6.92 Å². The molecule has 0 N–H and O–H groups in total. The Morgan fingerprint density at radius 3 is 2.90 bits per heavy atom. The summed E-state index contributed by atoms with van der Waals surface area (Å²) in [4.78, 5) is 0. The van der Waals surface area contributed by atoms with Gasteiger partial charge < -0.3 is 0 Å². The van der Waals surface area contributed by atoms with Gasteiger partial charge in [-0.15, -0.1) is 0 Å². The minimum absolute atomic E-state index is 0.000579. The first-order valence-corrected chi connectivity index (χ1v) is 6.90. The van der Waals surface area contributed by atoms with E-state index in [4.69, 9.17) is 0 Å². The Morgan fingerprint density at radius 1 is 1.30 bits per heavy atom. The molecule has 0 amide bonds. The standard InChI is InChI=1S/C9H18S/c1-2-10-6-3-4-9(8-10)5-7-10/h9H,2-8H2,1H3. The zero-order valence-electron chi connectivity index (χ0n) is 6.94. The van der Waals surface area contributed by atoms with Crippen LogP contribution in [0.25, 0.3) is 0 Å². The van der Waals surface area contributed by atoms with E-state index in [1.165, 1.54) is 11.7 Å². The number of hydrogen-bond donors (Lipinski definition) is 0. The fraction of sp³-hybridized carbons (Fsp3) is 1.00. The molecule has 0 radical (unpaired) electrons. The molecule has 2 aliphatic heterocycles. The Hall–Kier alpha value is 0.350. The lowest BCUT2D eigenvalue weighted by Gasteiger charge is -2.38. The maximum atomic E-state index is 2.42. The van der Waals surface area contributed by atoms with Crippen LogP contribution < -0.4 is 0 Å². The Morgan fingerprint density at radius 2 is 2.20 bits per heavy atom. The molecule has 0 saturated carbocycles. The van der Waals surface area contributed by atoms with Crippen molar-refractivity contribution in [2.24, 2.45) is 5.92 Å². The summed E-state index contributed by atoms with van der Waals surface area (Å²) in [5.74, 6) is 7.62. The SMILES string of the molecule is CCS12CCCC(CC1)C2. The van der Waals surface area contributed by atoms with Crippen LogP contribution in [0.2, 0.25) is 0 Å². The molecule has 10 heavy (non-hydrogen) atoms. The van der Waals surface area contributed by atoms with Gasteiger partial charge in [-0.25, -0.2) is 10.0 Å². The molecule has 2 fully saturated rings. The van der Waals surface area contributed by atoms with Crippen molar-refractivity contribution in [2.75, 3.05) is 23.0 Å². The topological polar surface area (TPSA) is 0 Å². The second-order valence-electron chi connectivity index (χ2n) is 3.89. The van der Waals surface area contributed by atoms with E-state index in [-0.39, 0.29) is 10.0 Å². The summed E-state index contributed by atoms with van der Waals surface area (Å²) in [6, 6.07) is 0. The molecule has 0 aromatic carbocycles. The molecule has 0 aromatic rings. The van der Waals surface area contributed by atoms with Gasteiger partial charge in [0.25, 0.3) is 0 Å². The minimum Gasteiger partial charge on any atom is -0.241 e. The molecule has 2 saturated heterocycles. The van der Waals surface area contributed by atoms with Crippen molar-refractivity contribution in [3.63, 3.8) is 0 Å². The molecule has 2 atom stereocenters. The molecule has 0 aromatic heterocycles. The van der Waals surface area contributed by atoms with Crippen LogP contribution >= 0.6 is 10.0 Å². The van der Waals surface area contributed by atoms with Gasteiger partial charge in [0.1, 0.15) is 0 Å². The van der Waals surface area contributed by atoms with E-state index in [1.807, 2.05) is 0 Å². The molecular weight excluding hydrogens is 140 g/mol. The van der Waals surface area contributed by atoms with E-state index in [1.54, 1.807) is 36.5 Å². The number of fused-ring (bicyclic) bond motifs is 2. The number of rotatable bonds is 1. The summed E-state index contributed by atoms with van der Waals surface area (Å²) >= 11 is 0. The first kappa shape index (κ1) is 7.02. The molecular formula is C9H18S. The van der Waals surface area contributed by atoms with Crippen LogP contribution in [0.5, 0.6) is 0 Å². The molecule has 2 heterocycles. The molecule has 2 bridgehead atoms. The Bertz CT molecular complexity index is 129. The minimum atomic E-state index is 0.000579. The van der Waals surface area contributed by atoms with E-state index in [0.717, 1.165) is 0 Å². The van der Waals surface area contributed by atoms with Crippen molar-refractivity contribution >= 4 is 10.0 Å². The summed E-state index contributed by atoms with van der Waals surface area (Å²) in [5.41, 5.74) is 0. The summed E-state index contributed by atoms with van der Waals surface area (Å²) in [7, 11) is 0.000579. The maximum absolute atomic E-state index is 2.42. The highest BCUT2D eigenvalue weighted by Crippen LogP contribution is 2.59. The highest BCUT2D eigenvalue weighted by molar-refractivity contribution is 8.33. The van der Waals surface area contributed by atoms with Gasteiger partial charge in [-0.2, -0.15) is 0 Å². The van der Waals surface area contributed by atoms with Crippen LogP contribution in [-0.2, 0) is 0 Å². The van der Waals surface area contributed by atoms with Crippen molar-refractivity contribution in [1.29, 1.82) is 0 Å². The molecule has 0 aliphatic carbocycles. The molecule has 1 heteroatoms. The van der Waals surface area contributed by atoms with E-state index in [0.29, 0.717) is 0 Å². The van der Waals surface area contributed by atoms with Crippen molar-refractivity contribution in [2.45, 2.75) is 26.2 Å². The normalized spacial score (nSPS) is 52.3. The zero-order chi connectivity index (χ0) is 7.03. The third-order valence-electron chi connectivity index (χ3n) is 3.35. The van der Waals surface area contributed by atoms with Crippen LogP contribution in [0.4, 0.5) is 0 Å². The lowest BCUT2D eigenvalue weighted by molar-refractivity contribution is 0.534. The van der Waals surface area contributed by atoms with Crippen LogP contribution in [-0.4, -0.2) is 23.0 Å². The second kappa shape index (κ2) is 2.44. The lowest BCUT2D eigenvalue weighted by atomic mass is 10.0. The maximum Gasteiger partial charge on any atom is -0.0199 e. The monoisotopic (exact) mass is 158 g/mol. The van der Waals surface area contributed by atoms with Crippen LogP contribution in [0.1, 0.15) is 26.2 Å². The third kappa shape index (κ3) is 0.990. The lowest BCUT2D eigenvalue weighted by Crippen LogP contribution is -2.16. The molecule has 2 aliphatic rings. The largest absolute Gasteiger partial charge is 0.241 e. The third-order valence-corrected chi connectivity index (χ3v) is 8.01. The Labute approximate surface area is 65.7 Å². The molecule has 2 unspecified atom stereocenters. The van der Waals surface area contributed by atoms with Crippen molar-refractivity contribution in [3.8, 4) is 0 Å². The zero-order valence-corrected chi connectivity index (χ0v) is 7.75. The van der Waals surface area contributed by atoms with Gasteiger partial charge in [0, 0.05) is 0 Å². The highest BCUT2D eigenvalue weighted by atomic mass is 32.3. The van der Waals surface area contributed by atoms with Crippen molar-refractivity contribution in [3.05, 3.63) is 0 Å². The van der Waals surface area contributed by atoms with Gasteiger partial charge in [-0.05, 0) is 48.2 Å². The first-order chi connectivity index (χ1) is 4.85. The summed E-state index contributed by atoms with van der Waals surface area (Å²) < 4.78 is 0. The Balaban J connectivity index is 2.10. The molecule has 0 nitrogen and oxygen atoms in total. The average molecular weight is 158 g/mol. The van der Waals surface area contributed by atoms with E-state index >= 15 is 0 Å². The molecule has 0 spiro atoms. The predicted octanol–water partition coefficient (Wildman–Crippen LogP) is 2.62. The van der Waals surface area contributed by atoms with Gasteiger partial charge >= 0.3 is 0 Å². The fourth-order valence-corrected chi connectivity index (χ4v) is 6.88. The Kier molecular flexibility index (Phi) is 1.71. The van der Waals surface area contributed by atoms with Crippen LogP contribution in [0, 0.1) is 5.92 Å². The van der Waals surface area contributed by atoms with E-state index < -0.39 is 0 Å². The van der Waals surface area contributed by atoms with Gasteiger partial charge in [-0.1, -0.05) is 6.92 Å². The van der Waals surface area contributed by atoms with Crippen molar-refractivity contribution in [1.82, 2.24) is 0 Å². The van der Waals surface area contributed by atoms with Gasteiger partial charge in [0.2, 0.25) is 0 Å². The average Bonchev–Trinajstić information content (AvgIpc) is 2.29. The second-order valence-corrected chi connectivity index (χ2v) is 8.06. The molecule has 60 valence electrons.